The monoisotopic (exact) mass is 297 g/mol. The quantitative estimate of drug-likeness (QED) is 0.646. The number of hydrogen-bond acceptors (Lipinski definition) is 2. The molecule has 1 atom stereocenters. The summed E-state index contributed by atoms with van der Waals surface area (Å²) in [4.78, 5) is 6.69. The molecule has 1 aromatic rings. The van der Waals surface area contributed by atoms with Crippen molar-refractivity contribution in [2.45, 2.75) is 25.6 Å². The Morgan fingerprint density at radius 1 is 1.40 bits per heavy atom. The molecule has 5 heteroatoms. The summed E-state index contributed by atoms with van der Waals surface area (Å²) in [5, 5.41) is 3.79. The van der Waals surface area contributed by atoms with Crippen molar-refractivity contribution in [2.75, 3.05) is 26.4 Å². The Morgan fingerprint density at radius 3 is 2.60 bits per heavy atom. The van der Waals surface area contributed by atoms with Gasteiger partial charge in [0.15, 0.2) is 5.96 Å². The van der Waals surface area contributed by atoms with Gasteiger partial charge in [-0.1, -0.05) is 19.1 Å². The number of aliphatic imine (C=N–C) groups is 1. The van der Waals surface area contributed by atoms with Gasteiger partial charge in [-0.3, -0.25) is 4.99 Å². The molecule has 0 fully saturated rings. The van der Waals surface area contributed by atoms with Crippen LogP contribution >= 0.6 is 11.8 Å². The molecule has 0 radical (unpaired) electrons. The van der Waals surface area contributed by atoms with Crippen molar-refractivity contribution in [3.63, 3.8) is 0 Å². The Hall–Kier alpha value is -1.23. The molecule has 0 saturated carbocycles. The zero-order chi connectivity index (χ0) is 15.0. The summed E-state index contributed by atoms with van der Waals surface area (Å²) in [6.45, 7) is 6.55. The van der Waals surface area contributed by atoms with Gasteiger partial charge in [0.2, 0.25) is 0 Å². The summed E-state index contributed by atoms with van der Waals surface area (Å²) in [6.07, 6.45) is 2.09. The van der Waals surface area contributed by atoms with Crippen molar-refractivity contribution in [1.29, 1.82) is 0 Å². The maximum Gasteiger partial charge on any atom is 0.193 e. The first-order valence-corrected chi connectivity index (χ1v) is 8.12. The minimum absolute atomic E-state index is 0.203. The maximum absolute atomic E-state index is 12.9. The predicted molar refractivity (Wildman–Crippen MR) is 86.8 cm³/mol. The molecule has 0 spiro atoms. The van der Waals surface area contributed by atoms with Gasteiger partial charge in [-0.05, 0) is 30.9 Å². The van der Waals surface area contributed by atoms with E-state index in [0.717, 1.165) is 24.6 Å². The van der Waals surface area contributed by atoms with Gasteiger partial charge < -0.3 is 10.2 Å². The van der Waals surface area contributed by atoms with Crippen LogP contribution in [0.2, 0.25) is 0 Å². The van der Waals surface area contributed by atoms with E-state index in [0.29, 0.717) is 11.8 Å². The van der Waals surface area contributed by atoms with E-state index >= 15 is 0 Å². The number of nitrogens with zero attached hydrogens (tertiary/aromatic N) is 2. The normalized spacial score (nSPS) is 13.2. The Labute approximate surface area is 125 Å². The second-order valence-corrected chi connectivity index (χ2v) is 6.00. The number of guanidine groups is 1. The van der Waals surface area contributed by atoms with Crippen LogP contribution in [-0.2, 0) is 6.54 Å². The Kier molecular flexibility index (Phi) is 7.44. The molecule has 112 valence electrons. The van der Waals surface area contributed by atoms with Gasteiger partial charge in [-0.15, -0.1) is 0 Å². The van der Waals surface area contributed by atoms with Crippen LogP contribution in [0.25, 0.3) is 0 Å². The Morgan fingerprint density at radius 2 is 2.05 bits per heavy atom. The molecule has 20 heavy (non-hydrogen) atoms. The molecule has 0 aliphatic carbocycles. The third kappa shape index (κ3) is 5.82. The first kappa shape index (κ1) is 16.8. The molecule has 0 heterocycles. The van der Waals surface area contributed by atoms with Crippen LogP contribution in [0.4, 0.5) is 4.39 Å². The van der Waals surface area contributed by atoms with Crippen molar-refractivity contribution >= 4 is 17.7 Å². The fourth-order valence-electron chi connectivity index (χ4n) is 1.70. The van der Waals surface area contributed by atoms with Crippen LogP contribution in [0, 0.1) is 5.82 Å². The van der Waals surface area contributed by atoms with Crippen LogP contribution in [0.15, 0.2) is 29.3 Å². The van der Waals surface area contributed by atoms with E-state index in [1.165, 1.54) is 12.1 Å². The number of rotatable bonds is 6. The summed E-state index contributed by atoms with van der Waals surface area (Å²) in [6, 6.07) is 6.59. The molecule has 1 rings (SSSR count). The van der Waals surface area contributed by atoms with E-state index in [4.69, 9.17) is 0 Å². The lowest BCUT2D eigenvalue weighted by Crippen LogP contribution is -2.38. The van der Waals surface area contributed by atoms with Crippen molar-refractivity contribution in [2.24, 2.45) is 4.99 Å². The lowest BCUT2D eigenvalue weighted by molar-refractivity contribution is 0.476. The highest BCUT2D eigenvalue weighted by atomic mass is 32.2. The molecular formula is C15H24FN3S. The van der Waals surface area contributed by atoms with Crippen LogP contribution in [0.5, 0.6) is 0 Å². The van der Waals surface area contributed by atoms with Gasteiger partial charge in [-0.25, -0.2) is 4.39 Å². The standard InChI is InChI=1S/C15H24FN3S/c1-5-17-15(18-10-12(2)20-4)19(3)11-13-6-8-14(16)9-7-13/h6-9,12H,5,10-11H2,1-4H3,(H,17,18). The van der Waals surface area contributed by atoms with Crippen molar-refractivity contribution in [1.82, 2.24) is 10.2 Å². The number of halogens is 1. The van der Waals surface area contributed by atoms with Crippen molar-refractivity contribution in [3.05, 3.63) is 35.6 Å². The zero-order valence-corrected chi connectivity index (χ0v) is 13.5. The lowest BCUT2D eigenvalue weighted by atomic mass is 10.2. The van der Waals surface area contributed by atoms with E-state index in [1.807, 2.05) is 18.8 Å². The fourth-order valence-corrected chi connectivity index (χ4v) is 1.92. The largest absolute Gasteiger partial charge is 0.357 e. The van der Waals surface area contributed by atoms with Gasteiger partial charge in [0, 0.05) is 25.4 Å². The molecule has 0 saturated heterocycles. The third-order valence-electron chi connectivity index (χ3n) is 2.93. The first-order valence-electron chi connectivity index (χ1n) is 6.83. The van der Waals surface area contributed by atoms with Gasteiger partial charge in [-0.2, -0.15) is 11.8 Å². The number of benzene rings is 1. The highest BCUT2D eigenvalue weighted by molar-refractivity contribution is 7.99. The molecule has 0 bridgehead atoms. The van der Waals surface area contributed by atoms with Crippen molar-refractivity contribution < 1.29 is 4.39 Å². The van der Waals surface area contributed by atoms with Gasteiger partial charge in [0.1, 0.15) is 5.82 Å². The molecule has 1 unspecified atom stereocenters. The van der Waals surface area contributed by atoms with Crippen LogP contribution in [0.3, 0.4) is 0 Å². The molecule has 0 amide bonds. The van der Waals surface area contributed by atoms with Crippen molar-refractivity contribution in [3.8, 4) is 0 Å². The van der Waals surface area contributed by atoms with E-state index in [1.54, 1.807) is 12.1 Å². The van der Waals surface area contributed by atoms with Gasteiger partial charge >= 0.3 is 0 Å². The molecular weight excluding hydrogens is 273 g/mol. The molecule has 0 aliphatic heterocycles. The fraction of sp³-hybridized carbons (Fsp3) is 0.533. The highest BCUT2D eigenvalue weighted by Crippen LogP contribution is 2.07. The molecule has 0 aromatic heterocycles. The SMILES string of the molecule is CCNC(=NCC(C)SC)N(C)Cc1ccc(F)cc1. The van der Waals surface area contributed by atoms with E-state index in [9.17, 15) is 4.39 Å². The second kappa shape index (κ2) is 8.84. The van der Waals surface area contributed by atoms with E-state index < -0.39 is 0 Å². The topological polar surface area (TPSA) is 27.6 Å². The predicted octanol–water partition coefficient (Wildman–Crippen LogP) is 2.97. The van der Waals surface area contributed by atoms with Crippen LogP contribution in [-0.4, -0.2) is 42.5 Å². The molecule has 3 nitrogen and oxygen atoms in total. The number of thioether (sulfide) groups is 1. The smallest absolute Gasteiger partial charge is 0.193 e. The summed E-state index contributed by atoms with van der Waals surface area (Å²) >= 11 is 1.81. The van der Waals surface area contributed by atoms with Gasteiger partial charge in [0.05, 0.1) is 6.54 Å². The first-order chi connectivity index (χ1) is 9.56. The molecule has 0 aliphatic rings. The molecule has 1 N–H and O–H groups in total. The van der Waals surface area contributed by atoms with Gasteiger partial charge in [0.25, 0.3) is 0 Å². The summed E-state index contributed by atoms with van der Waals surface area (Å²) in [7, 11) is 1.99. The zero-order valence-electron chi connectivity index (χ0n) is 12.7. The van der Waals surface area contributed by atoms with E-state index in [2.05, 4.69) is 35.3 Å². The third-order valence-corrected chi connectivity index (χ3v) is 3.88. The average molecular weight is 297 g/mol. The molecule has 1 aromatic carbocycles. The highest BCUT2D eigenvalue weighted by Gasteiger charge is 2.07. The second-order valence-electron chi connectivity index (χ2n) is 4.72. The summed E-state index contributed by atoms with van der Waals surface area (Å²) < 4.78 is 12.9. The minimum atomic E-state index is -0.203. The Balaban J connectivity index is 2.67. The summed E-state index contributed by atoms with van der Waals surface area (Å²) in [5.41, 5.74) is 1.07. The maximum atomic E-state index is 12.9. The average Bonchev–Trinajstić information content (AvgIpc) is 2.45. The van der Waals surface area contributed by atoms with Crippen LogP contribution < -0.4 is 5.32 Å². The summed E-state index contributed by atoms with van der Waals surface area (Å²) in [5.74, 6) is 0.684. The minimum Gasteiger partial charge on any atom is -0.357 e. The number of nitrogens with one attached hydrogen (secondary N) is 1. The Bertz CT molecular complexity index is 420. The van der Waals surface area contributed by atoms with Crippen LogP contribution in [0.1, 0.15) is 19.4 Å². The number of hydrogen-bond donors (Lipinski definition) is 1. The van der Waals surface area contributed by atoms with E-state index in [-0.39, 0.29) is 5.82 Å². The lowest BCUT2D eigenvalue weighted by Gasteiger charge is -2.22.